The highest BCUT2D eigenvalue weighted by Gasteiger charge is 2.27. The van der Waals surface area contributed by atoms with E-state index in [9.17, 15) is 4.79 Å². The molecule has 0 amide bonds. The molecule has 4 heteroatoms. The topological polar surface area (TPSA) is 26.3 Å². The fourth-order valence-electron chi connectivity index (χ4n) is 1.56. The van der Waals surface area contributed by atoms with Crippen LogP contribution in [0.2, 0.25) is 0 Å². The van der Waals surface area contributed by atoms with E-state index >= 15 is 0 Å². The molecule has 2 nitrogen and oxygen atoms in total. The van der Waals surface area contributed by atoms with Gasteiger partial charge in [0, 0.05) is 5.75 Å². The van der Waals surface area contributed by atoms with E-state index in [4.69, 9.17) is 4.74 Å². The first-order valence-corrected chi connectivity index (χ1v) is 8.23. The van der Waals surface area contributed by atoms with Gasteiger partial charge in [0.25, 0.3) is 0 Å². The van der Waals surface area contributed by atoms with Gasteiger partial charge in [-0.15, -0.1) is 0 Å². The first-order chi connectivity index (χ1) is 8.31. The summed E-state index contributed by atoms with van der Waals surface area (Å²) < 4.78 is 5.47. The second-order valence-electron chi connectivity index (χ2n) is 3.99. The Kier molecular flexibility index (Phi) is 4.80. The Hall–Kier alpha value is -0.610. The van der Waals surface area contributed by atoms with Crippen LogP contribution in [0.3, 0.4) is 0 Å². The summed E-state index contributed by atoms with van der Waals surface area (Å²) in [4.78, 5) is 12.8. The first-order valence-electron chi connectivity index (χ1n) is 5.91. The third-order valence-electron chi connectivity index (χ3n) is 2.76. The molecule has 92 valence electrons. The number of carbonyl (C=O) groups excluding carboxylic acids is 1. The van der Waals surface area contributed by atoms with Gasteiger partial charge in [0.15, 0.2) is 0 Å². The van der Waals surface area contributed by atoms with Crippen LogP contribution in [0.15, 0.2) is 29.2 Å². The number of esters is 1. The van der Waals surface area contributed by atoms with Gasteiger partial charge in [-0.1, -0.05) is 47.1 Å². The molecule has 0 heterocycles. The van der Waals surface area contributed by atoms with Crippen LogP contribution in [-0.2, 0) is 4.79 Å². The van der Waals surface area contributed by atoms with Gasteiger partial charge in [-0.2, -0.15) is 0 Å². The maximum atomic E-state index is 11.8. The van der Waals surface area contributed by atoms with Crippen molar-refractivity contribution < 1.29 is 9.53 Å². The molecule has 1 aromatic rings. The van der Waals surface area contributed by atoms with Crippen LogP contribution in [0.25, 0.3) is 0 Å². The van der Waals surface area contributed by atoms with Crippen molar-refractivity contribution in [2.45, 2.75) is 31.1 Å². The zero-order valence-corrected chi connectivity index (χ0v) is 11.5. The summed E-state index contributed by atoms with van der Waals surface area (Å²) in [5, 5.41) is 0. The molecule has 1 aliphatic carbocycles. The molecule has 0 atom stereocenters. The number of hydrogen-bond acceptors (Lipinski definition) is 4. The summed E-state index contributed by atoms with van der Waals surface area (Å²) in [5.74, 6) is 1.81. The minimum absolute atomic E-state index is 0.0641. The van der Waals surface area contributed by atoms with Crippen molar-refractivity contribution in [3.05, 3.63) is 24.3 Å². The molecule has 0 aromatic heterocycles. The van der Waals surface area contributed by atoms with Crippen molar-refractivity contribution in [3.63, 3.8) is 0 Å². The Bertz CT molecular complexity index is 389. The Morgan fingerprint density at radius 2 is 2.18 bits per heavy atom. The van der Waals surface area contributed by atoms with E-state index in [1.807, 2.05) is 24.3 Å². The lowest BCUT2D eigenvalue weighted by atomic mass is 9.86. The summed E-state index contributed by atoms with van der Waals surface area (Å²) in [7, 11) is 3.42. The van der Waals surface area contributed by atoms with E-state index < -0.39 is 0 Å². The predicted molar refractivity (Wildman–Crippen MR) is 73.4 cm³/mol. The van der Waals surface area contributed by atoms with Gasteiger partial charge < -0.3 is 4.74 Å². The van der Waals surface area contributed by atoms with Gasteiger partial charge in [-0.05, 0) is 25.0 Å². The minimum atomic E-state index is -0.0641. The zero-order chi connectivity index (χ0) is 12.1. The summed E-state index contributed by atoms with van der Waals surface area (Å²) in [6.45, 7) is 2.11. The molecule has 0 N–H and O–H groups in total. The Morgan fingerprint density at radius 1 is 1.41 bits per heavy atom. The maximum Gasteiger partial charge on any atom is 0.314 e. The molecular weight excluding hydrogens is 252 g/mol. The summed E-state index contributed by atoms with van der Waals surface area (Å²) in [6, 6.07) is 7.75. The van der Waals surface area contributed by atoms with Crippen LogP contribution < -0.4 is 4.74 Å². The number of carbonyl (C=O) groups is 1. The van der Waals surface area contributed by atoms with Gasteiger partial charge >= 0.3 is 5.97 Å². The zero-order valence-electron chi connectivity index (χ0n) is 9.85. The average molecular weight is 268 g/mol. The lowest BCUT2D eigenvalue weighted by molar-refractivity contribution is -0.141. The maximum absolute atomic E-state index is 11.8. The molecule has 0 spiro atoms. The highest BCUT2D eigenvalue weighted by molar-refractivity contribution is 8.76. The fraction of sp³-hybridized carbons (Fsp3) is 0.462. The smallest absolute Gasteiger partial charge is 0.314 e. The third kappa shape index (κ3) is 3.42. The number of ether oxygens (including phenoxy) is 1. The van der Waals surface area contributed by atoms with Crippen molar-refractivity contribution in [1.29, 1.82) is 0 Å². The molecule has 1 fully saturated rings. The quantitative estimate of drug-likeness (QED) is 0.455. The molecule has 17 heavy (non-hydrogen) atoms. The molecule has 0 aliphatic heterocycles. The molecule has 0 radical (unpaired) electrons. The van der Waals surface area contributed by atoms with Gasteiger partial charge in [-0.25, -0.2) is 0 Å². The van der Waals surface area contributed by atoms with Crippen LogP contribution in [-0.4, -0.2) is 11.7 Å². The van der Waals surface area contributed by atoms with E-state index in [1.165, 1.54) is 0 Å². The van der Waals surface area contributed by atoms with Crippen molar-refractivity contribution in [2.24, 2.45) is 5.92 Å². The van der Waals surface area contributed by atoms with E-state index in [0.29, 0.717) is 5.75 Å². The molecule has 0 bridgehead atoms. The predicted octanol–water partition coefficient (Wildman–Crippen LogP) is 4.15. The molecule has 0 saturated heterocycles. The molecule has 1 aliphatic rings. The normalized spacial score (nSPS) is 15.4. The minimum Gasteiger partial charge on any atom is -0.425 e. The van der Waals surface area contributed by atoms with Crippen LogP contribution in [0.1, 0.15) is 26.2 Å². The summed E-state index contributed by atoms with van der Waals surface area (Å²) >= 11 is 0. The Labute approximate surface area is 110 Å². The van der Waals surface area contributed by atoms with Crippen molar-refractivity contribution in [2.75, 3.05) is 5.75 Å². The average Bonchev–Trinajstić information content (AvgIpc) is 2.25. The third-order valence-corrected chi connectivity index (χ3v) is 5.23. The lowest BCUT2D eigenvalue weighted by Crippen LogP contribution is -2.26. The van der Waals surface area contributed by atoms with Crippen molar-refractivity contribution >= 4 is 27.6 Å². The number of benzene rings is 1. The highest BCUT2D eigenvalue weighted by Crippen LogP contribution is 2.38. The van der Waals surface area contributed by atoms with E-state index in [1.54, 1.807) is 21.6 Å². The second kappa shape index (κ2) is 6.36. The molecule has 2 rings (SSSR count). The molecule has 1 saturated carbocycles. The van der Waals surface area contributed by atoms with Gasteiger partial charge in [0.1, 0.15) is 5.75 Å². The first kappa shape index (κ1) is 12.8. The Morgan fingerprint density at radius 3 is 2.82 bits per heavy atom. The van der Waals surface area contributed by atoms with Crippen molar-refractivity contribution in [3.8, 4) is 5.75 Å². The fourth-order valence-corrected chi connectivity index (χ4v) is 3.28. The van der Waals surface area contributed by atoms with Crippen LogP contribution in [0.5, 0.6) is 5.75 Å². The summed E-state index contributed by atoms with van der Waals surface area (Å²) in [5.41, 5.74) is 0. The van der Waals surface area contributed by atoms with Crippen molar-refractivity contribution in [1.82, 2.24) is 0 Å². The standard InChI is InChI=1S/C13H16O2S2/c1-2-16-17-12-9-4-3-8-11(12)15-13(14)10-6-5-7-10/h3-4,8-10H,2,5-7H2,1H3. The largest absolute Gasteiger partial charge is 0.425 e. The lowest BCUT2D eigenvalue weighted by Gasteiger charge is -2.23. The van der Waals surface area contributed by atoms with E-state index in [2.05, 4.69) is 6.92 Å². The Balaban J connectivity index is 2.00. The van der Waals surface area contributed by atoms with E-state index in [-0.39, 0.29) is 11.9 Å². The highest BCUT2D eigenvalue weighted by atomic mass is 33.1. The second-order valence-corrected chi connectivity index (χ2v) is 6.61. The molecular formula is C13H16O2S2. The molecule has 1 aromatic carbocycles. The van der Waals surface area contributed by atoms with Gasteiger partial charge in [-0.3, -0.25) is 4.79 Å². The SMILES string of the molecule is CCSSc1ccccc1OC(=O)C1CCC1. The number of hydrogen-bond donors (Lipinski definition) is 0. The van der Waals surface area contributed by atoms with E-state index in [0.717, 1.165) is 29.9 Å². The van der Waals surface area contributed by atoms with Crippen LogP contribution in [0.4, 0.5) is 0 Å². The number of para-hydroxylation sites is 1. The van der Waals surface area contributed by atoms with Gasteiger partial charge in [0.2, 0.25) is 0 Å². The van der Waals surface area contributed by atoms with Crippen LogP contribution >= 0.6 is 21.6 Å². The number of rotatable bonds is 5. The monoisotopic (exact) mass is 268 g/mol. The molecule has 0 unspecified atom stereocenters. The summed E-state index contributed by atoms with van der Waals surface area (Å²) in [6.07, 6.45) is 3.12. The van der Waals surface area contributed by atoms with Gasteiger partial charge in [0.05, 0.1) is 10.8 Å². The van der Waals surface area contributed by atoms with Crippen LogP contribution in [0, 0.1) is 5.92 Å².